The van der Waals surface area contributed by atoms with Crippen LogP contribution in [0.25, 0.3) is 0 Å². The molecule has 172 valence electrons. The minimum atomic E-state index is -3.84. The molecule has 0 radical (unpaired) electrons. The van der Waals surface area contributed by atoms with Crippen LogP contribution in [0.1, 0.15) is 29.6 Å². The summed E-state index contributed by atoms with van der Waals surface area (Å²) in [6, 6.07) is 3.47. The van der Waals surface area contributed by atoms with Gasteiger partial charge in [-0.2, -0.15) is 4.31 Å². The molecular weight excluding hydrogens is 448 g/mol. The molecule has 31 heavy (non-hydrogen) atoms. The van der Waals surface area contributed by atoms with Crippen LogP contribution in [-0.2, 0) is 29.4 Å². The first-order valence-electron chi connectivity index (χ1n) is 9.86. The van der Waals surface area contributed by atoms with Gasteiger partial charge in [0.25, 0.3) is 5.91 Å². The van der Waals surface area contributed by atoms with Gasteiger partial charge in [0.05, 0.1) is 24.2 Å². The van der Waals surface area contributed by atoms with Crippen LogP contribution in [0.15, 0.2) is 23.1 Å². The topological polar surface area (TPSA) is 127 Å². The monoisotopic (exact) mass is 474 g/mol. The molecule has 2 aliphatic heterocycles. The lowest BCUT2D eigenvalue weighted by Gasteiger charge is -2.23. The SMILES string of the molecule is COc1ccc(C(=O)OCC(=O)N(C)[C@@H]2CCS(=O)(=O)C2)cc1S(=O)(=O)N1CCCC1. The third-order valence-electron chi connectivity index (χ3n) is 5.56. The number of hydrogen-bond donors (Lipinski definition) is 0. The van der Waals surface area contributed by atoms with Crippen LogP contribution in [-0.4, -0.2) is 89.3 Å². The van der Waals surface area contributed by atoms with Crippen molar-refractivity contribution in [1.29, 1.82) is 0 Å². The number of ether oxygens (including phenoxy) is 2. The maximum Gasteiger partial charge on any atom is 0.338 e. The van der Waals surface area contributed by atoms with E-state index in [4.69, 9.17) is 9.47 Å². The van der Waals surface area contributed by atoms with Gasteiger partial charge >= 0.3 is 5.97 Å². The van der Waals surface area contributed by atoms with Crippen LogP contribution in [0.4, 0.5) is 0 Å². The Morgan fingerprint density at radius 1 is 1.23 bits per heavy atom. The number of benzene rings is 1. The molecule has 0 bridgehead atoms. The van der Waals surface area contributed by atoms with Gasteiger partial charge in [-0.25, -0.2) is 21.6 Å². The number of carbonyl (C=O) groups is 2. The number of amides is 1. The number of rotatable bonds is 7. The van der Waals surface area contributed by atoms with Crippen molar-refractivity contribution in [3.05, 3.63) is 23.8 Å². The second-order valence-corrected chi connectivity index (χ2v) is 11.7. The Hall–Kier alpha value is -2.18. The fraction of sp³-hybridized carbons (Fsp3) is 0.579. The van der Waals surface area contributed by atoms with Gasteiger partial charge < -0.3 is 14.4 Å². The number of methoxy groups -OCH3 is 1. The molecule has 0 aliphatic carbocycles. The van der Waals surface area contributed by atoms with Crippen molar-refractivity contribution in [3.63, 3.8) is 0 Å². The molecule has 0 spiro atoms. The van der Waals surface area contributed by atoms with Crippen molar-refractivity contribution in [2.24, 2.45) is 0 Å². The van der Waals surface area contributed by atoms with Crippen LogP contribution in [0.2, 0.25) is 0 Å². The van der Waals surface area contributed by atoms with E-state index in [1.54, 1.807) is 0 Å². The van der Waals surface area contributed by atoms with E-state index in [9.17, 15) is 26.4 Å². The molecule has 2 aliphatic rings. The summed E-state index contributed by atoms with van der Waals surface area (Å²) in [6.45, 7) is 0.224. The maximum atomic E-state index is 12.9. The summed E-state index contributed by atoms with van der Waals surface area (Å²) in [4.78, 5) is 25.9. The standard InChI is InChI=1S/C19H26N2O8S2/c1-20(15-7-10-30(24,25)13-15)18(22)12-29-19(23)14-5-6-16(28-2)17(11-14)31(26,27)21-8-3-4-9-21/h5-6,11,15H,3-4,7-10,12-13H2,1-2H3/t15-/m1/s1. The third-order valence-corrected chi connectivity index (χ3v) is 9.23. The Kier molecular flexibility index (Phi) is 6.92. The second kappa shape index (κ2) is 9.13. The Balaban J connectivity index is 1.70. The van der Waals surface area contributed by atoms with Crippen molar-refractivity contribution in [3.8, 4) is 5.75 Å². The van der Waals surface area contributed by atoms with Gasteiger partial charge in [-0.05, 0) is 37.5 Å². The van der Waals surface area contributed by atoms with Gasteiger partial charge in [0.2, 0.25) is 10.0 Å². The molecule has 1 atom stereocenters. The molecule has 2 saturated heterocycles. The average molecular weight is 475 g/mol. The van der Waals surface area contributed by atoms with E-state index in [0.717, 1.165) is 12.8 Å². The number of sulfone groups is 1. The molecule has 2 heterocycles. The van der Waals surface area contributed by atoms with E-state index in [2.05, 4.69) is 0 Å². The third kappa shape index (κ3) is 5.18. The fourth-order valence-corrected chi connectivity index (χ4v) is 7.14. The largest absolute Gasteiger partial charge is 0.495 e. The Labute approximate surface area is 182 Å². The molecule has 2 fully saturated rings. The van der Waals surface area contributed by atoms with Crippen LogP contribution < -0.4 is 4.74 Å². The molecule has 1 amide bonds. The Morgan fingerprint density at radius 2 is 1.90 bits per heavy atom. The maximum absolute atomic E-state index is 12.9. The minimum Gasteiger partial charge on any atom is -0.495 e. The average Bonchev–Trinajstić information content (AvgIpc) is 3.40. The molecule has 0 N–H and O–H groups in total. The lowest BCUT2D eigenvalue weighted by Crippen LogP contribution is -2.40. The molecule has 1 aromatic carbocycles. The first-order valence-corrected chi connectivity index (χ1v) is 13.1. The van der Waals surface area contributed by atoms with E-state index < -0.39 is 44.4 Å². The van der Waals surface area contributed by atoms with Crippen LogP contribution in [0.5, 0.6) is 5.75 Å². The molecule has 12 heteroatoms. The van der Waals surface area contributed by atoms with Gasteiger partial charge in [-0.15, -0.1) is 0 Å². The number of nitrogens with zero attached hydrogens (tertiary/aromatic N) is 2. The van der Waals surface area contributed by atoms with Gasteiger partial charge in [-0.3, -0.25) is 4.79 Å². The highest BCUT2D eigenvalue weighted by molar-refractivity contribution is 7.91. The molecule has 0 aromatic heterocycles. The van der Waals surface area contributed by atoms with E-state index in [1.807, 2.05) is 0 Å². The van der Waals surface area contributed by atoms with Crippen molar-refractivity contribution in [1.82, 2.24) is 9.21 Å². The normalized spacial score (nSPS) is 21.0. The highest BCUT2D eigenvalue weighted by Gasteiger charge is 2.33. The quantitative estimate of drug-likeness (QED) is 0.516. The summed E-state index contributed by atoms with van der Waals surface area (Å²) in [5.41, 5.74) is -0.0301. The fourth-order valence-electron chi connectivity index (χ4n) is 3.67. The predicted octanol–water partition coefficient (Wildman–Crippen LogP) is 0.282. The molecule has 3 rings (SSSR count). The summed E-state index contributed by atoms with van der Waals surface area (Å²) >= 11 is 0. The first-order chi connectivity index (χ1) is 14.5. The van der Waals surface area contributed by atoms with Crippen molar-refractivity contribution in [2.75, 3.05) is 45.4 Å². The smallest absolute Gasteiger partial charge is 0.338 e. The highest BCUT2D eigenvalue weighted by atomic mass is 32.2. The molecule has 10 nitrogen and oxygen atoms in total. The van der Waals surface area contributed by atoms with Gasteiger partial charge in [0, 0.05) is 26.2 Å². The van der Waals surface area contributed by atoms with E-state index in [-0.39, 0.29) is 27.7 Å². The van der Waals surface area contributed by atoms with Crippen LogP contribution in [0.3, 0.4) is 0 Å². The summed E-state index contributed by atoms with van der Waals surface area (Å²) in [5, 5.41) is 0. The number of carbonyl (C=O) groups excluding carboxylic acids is 2. The van der Waals surface area contributed by atoms with Gasteiger partial charge in [0.1, 0.15) is 10.6 Å². The first kappa shape index (κ1) is 23.5. The highest BCUT2D eigenvalue weighted by Crippen LogP contribution is 2.30. The summed E-state index contributed by atoms with van der Waals surface area (Å²) in [7, 11) is -4.18. The van der Waals surface area contributed by atoms with Crippen molar-refractivity contribution < 1.29 is 35.9 Å². The van der Waals surface area contributed by atoms with Crippen LogP contribution >= 0.6 is 0 Å². The lowest BCUT2D eigenvalue weighted by molar-refractivity contribution is -0.134. The van der Waals surface area contributed by atoms with Gasteiger partial charge in [-0.1, -0.05) is 0 Å². The summed E-state index contributed by atoms with van der Waals surface area (Å²) in [5.74, 6) is -1.37. The zero-order valence-corrected chi connectivity index (χ0v) is 19.1. The summed E-state index contributed by atoms with van der Waals surface area (Å²) in [6.07, 6.45) is 1.87. The molecule has 0 unspecified atom stereocenters. The Bertz CT molecular complexity index is 1060. The van der Waals surface area contributed by atoms with Gasteiger partial charge in [0.15, 0.2) is 16.4 Å². The number of likely N-dealkylation sites (N-methyl/N-ethyl adjacent to an activating group) is 1. The van der Waals surface area contributed by atoms with Crippen molar-refractivity contribution >= 4 is 31.7 Å². The summed E-state index contributed by atoms with van der Waals surface area (Å²) < 4.78 is 60.6. The second-order valence-electron chi connectivity index (χ2n) is 7.61. The zero-order chi connectivity index (χ0) is 22.8. The lowest BCUT2D eigenvalue weighted by atomic mass is 10.2. The predicted molar refractivity (Wildman–Crippen MR) is 111 cm³/mol. The van der Waals surface area contributed by atoms with E-state index in [1.165, 1.54) is 41.6 Å². The number of esters is 1. The van der Waals surface area contributed by atoms with Crippen molar-refractivity contribution in [2.45, 2.75) is 30.2 Å². The Morgan fingerprint density at radius 3 is 2.48 bits per heavy atom. The number of sulfonamides is 1. The molecule has 0 saturated carbocycles. The molecular formula is C19H26N2O8S2. The minimum absolute atomic E-state index is 0.0230. The molecule has 1 aromatic rings. The van der Waals surface area contributed by atoms with Crippen LogP contribution in [0, 0.1) is 0 Å². The van der Waals surface area contributed by atoms with E-state index in [0.29, 0.717) is 19.5 Å². The van der Waals surface area contributed by atoms with E-state index >= 15 is 0 Å². The zero-order valence-electron chi connectivity index (χ0n) is 17.4. The number of hydrogen-bond acceptors (Lipinski definition) is 8.